The van der Waals surface area contributed by atoms with E-state index in [4.69, 9.17) is 0 Å². The summed E-state index contributed by atoms with van der Waals surface area (Å²) in [6, 6.07) is 10.5. The summed E-state index contributed by atoms with van der Waals surface area (Å²) in [5.74, 6) is -0.155. The van der Waals surface area contributed by atoms with Crippen LogP contribution in [0, 0.1) is 5.82 Å². The highest BCUT2D eigenvalue weighted by atomic mass is 19.1. The predicted molar refractivity (Wildman–Crippen MR) is 97.6 cm³/mol. The van der Waals surface area contributed by atoms with Crippen molar-refractivity contribution in [3.8, 4) is 0 Å². The molecule has 6 heteroatoms. The second kappa shape index (κ2) is 7.25. The Bertz CT molecular complexity index is 915. The molecule has 0 atom stereocenters. The van der Waals surface area contributed by atoms with Crippen molar-refractivity contribution in [2.24, 2.45) is 0 Å². The van der Waals surface area contributed by atoms with Crippen LogP contribution in [0.15, 0.2) is 55.0 Å². The van der Waals surface area contributed by atoms with Crippen molar-refractivity contribution in [1.82, 2.24) is 19.2 Å². The maximum absolute atomic E-state index is 13.3. The third-order valence-corrected chi connectivity index (χ3v) is 4.91. The average molecular weight is 352 g/mol. The smallest absolute Gasteiger partial charge is 0.257 e. The predicted octanol–water partition coefficient (Wildman–Crippen LogP) is 2.47. The number of carbonyl (C=O) groups is 1. The van der Waals surface area contributed by atoms with Crippen LogP contribution in [0.5, 0.6) is 0 Å². The van der Waals surface area contributed by atoms with Gasteiger partial charge >= 0.3 is 0 Å². The summed E-state index contributed by atoms with van der Waals surface area (Å²) < 4.78 is 15.1. The molecular weight excluding hydrogens is 331 g/mol. The van der Waals surface area contributed by atoms with Crippen LogP contribution in [0.25, 0.3) is 5.65 Å². The number of aromatic nitrogens is 2. The number of piperazine rings is 1. The molecule has 0 spiro atoms. The van der Waals surface area contributed by atoms with E-state index in [1.807, 2.05) is 39.9 Å². The Balaban J connectivity index is 1.34. The van der Waals surface area contributed by atoms with Crippen molar-refractivity contribution >= 4 is 11.6 Å². The first kappa shape index (κ1) is 16.7. The summed E-state index contributed by atoms with van der Waals surface area (Å²) in [6.45, 7) is 3.94. The molecule has 3 aromatic rings. The van der Waals surface area contributed by atoms with Crippen molar-refractivity contribution in [2.45, 2.75) is 6.42 Å². The Labute approximate surface area is 151 Å². The molecule has 26 heavy (non-hydrogen) atoms. The molecule has 3 heterocycles. The van der Waals surface area contributed by atoms with E-state index in [1.54, 1.807) is 18.3 Å². The number of pyridine rings is 1. The standard InChI is InChI=1S/C20H21FN4O/c21-17-4-1-3-16(15-17)6-9-23-11-13-25(14-12-23)20(26)18-5-2-8-24-10-7-22-19(18)24/h1-5,7-8,10,15H,6,9,11-14H2. The van der Waals surface area contributed by atoms with Crippen LogP contribution in [0.2, 0.25) is 0 Å². The van der Waals surface area contributed by atoms with Crippen molar-refractivity contribution in [3.63, 3.8) is 0 Å². The van der Waals surface area contributed by atoms with Gasteiger partial charge in [0.2, 0.25) is 0 Å². The Morgan fingerprint density at radius 2 is 1.92 bits per heavy atom. The van der Waals surface area contributed by atoms with Crippen LogP contribution in [-0.2, 0) is 6.42 Å². The zero-order valence-electron chi connectivity index (χ0n) is 14.5. The zero-order valence-corrected chi connectivity index (χ0v) is 14.5. The fourth-order valence-corrected chi connectivity index (χ4v) is 3.44. The van der Waals surface area contributed by atoms with E-state index in [-0.39, 0.29) is 11.7 Å². The van der Waals surface area contributed by atoms with E-state index in [0.29, 0.717) is 24.3 Å². The number of rotatable bonds is 4. The topological polar surface area (TPSA) is 40.9 Å². The van der Waals surface area contributed by atoms with Crippen molar-refractivity contribution < 1.29 is 9.18 Å². The fourth-order valence-electron chi connectivity index (χ4n) is 3.44. The second-order valence-corrected chi connectivity index (χ2v) is 6.59. The molecule has 1 saturated heterocycles. The van der Waals surface area contributed by atoms with Crippen molar-refractivity contribution in [2.75, 3.05) is 32.7 Å². The first-order valence-electron chi connectivity index (χ1n) is 8.88. The van der Waals surface area contributed by atoms with Gasteiger partial charge in [0, 0.05) is 51.3 Å². The third kappa shape index (κ3) is 3.46. The van der Waals surface area contributed by atoms with E-state index in [0.717, 1.165) is 31.6 Å². The molecule has 2 aromatic heterocycles. The molecule has 1 aliphatic rings. The van der Waals surface area contributed by atoms with Crippen LogP contribution in [-0.4, -0.2) is 57.8 Å². The molecule has 134 valence electrons. The highest BCUT2D eigenvalue weighted by Crippen LogP contribution is 2.14. The molecule has 0 unspecified atom stereocenters. The summed E-state index contributed by atoms with van der Waals surface area (Å²) in [4.78, 5) is 21.4. The molecule has 4 rings (SSSR count). The molecular formula is C20H21FN4O. The number of hydrogen-bond acceptors (Lipinski definition) is 3. The van der Waals surface area contributed by atoms with Crippen LogP contribution in [0.4, 0.5) is 4.39 Å². The number of fused-ring (bicyclic) bond motifs is 1. The summed E-state index contributed by atoms with van der Waals surface area (Å²) >= 11 is 0. The second-order valence-electron chi connectivity index (χ2n) is 6.59. The maximum atomic E-state index is 13.3. The maximum Gasteiger partial charge on any atom is 0.257 e. The number of carbonyl (C=O) groups excluding carboxylic acids is 1. The van der Waals surface area contributed by atoms with Gasteiger partial charge in [-0.3, -0.25) is 9.69 Å². The lowest BCUT2D eigenvalue weighted by Gasteiger charge is -2.34. The molecule has 0 bridgehead atoms. The van der Waals surface area contributed by atoms with Gasteiger partial charge in [-0.1, -0.05) is 12.1 Å². The molecule has 0 radical (unpaired) electrons. The average Bonchev–Trinajstić information content (AvgIpc) is 3.15. The fraction of sp³-hybridized carbons (Fsp3) is 0.300. The van der Waals surface area contributed by atoms with E-state index < -0.39 is 0 Å². The van der Waals surface area contributed by atoms with Gasteiger partial charge in [-0.05, 0) is 36.2 Å². The summed E-state index contributed by atoms with van der Waals surface area (Å²) in [7, 11) is 0. The van der Waals surface area contributed by atoms with Crippen molar-refractivity contribution in [3.05, 3.63) is 71.9 Å². The summed E-state index contributed by atoms with van der Waals surface area (Å²) in [5.41, 5.74) is 2.35. The van der Waals surface area contributed by atoms with E-state index >= 15 is 0 Å². The Morgan fingerprint density at radius 3 is 2.73 bits per heavy atom. The van der Waals surface area contributed by atoms with Crippen LogP contribution in [0.1, 0.15) is 15.9 Å². The van der Waals surface area contributed by atoms with Crippen molar-refractivity contribution in [1.29, 1.82) is 0 Å². The molecule has 5 nitrogen and oxygen atoms in total. The van der Waals surface area contributed by atoms with Gasteiger partial charge in [0.25, 0.3) is 5.91 Å². The lowest BCUT2D eigenvalue weighted by molar-refractivity contribution is 0.0640. The quantitative estimate of drug-likeness (QED) is 0.724. The van der Waals surface area contributed by atoms with Gasteiger partial charge in [0.15, 0.2) is 0 Å². The molecule has 1 fully saturated rings. The molecule has 0 saturated carbocycles. The molecule has 0 aliphatic carbocycles. The number of benzene rings is 1. The SMILES string of the molecule is O=C(c1cccn2ccnc12)N1CCN(CCc2cccc(F)c2)CC1. The van der Waals surface area contributed by atoms with Crippen LogP contribution < -0.4 is 0 Å². The van der Waals surface area contributed by atoms with E-state index in [1.165, 1.54) is 6.07 Å². The lowest BCUT2D eigenvalue weighted by Crippen LogP contribution is -2.49. The Morgan fingerprint density at radius 1 is 1.08 bits per heavy atom. The van der Waals surface area contributed by atoms with Crippen LogP contribution in [0.3, 0.4) is 0 Å². The highest BCUT2D eigenvalue weighted by molar-refractivity contribution is 5.99. The first-order valence-corrected chi connectivity index (χ1v) is 8.88. The van der Waals surface area contributed by atoms with Gasteiger partial charge < -0.3 is 9.30 Å². The van der Waals surface area contributed by atoms with Gasteiger partial charge in [-0.25, -0.2) is 9.37 Å². The van der Waals surface area contributed by atoms with Gasteiger partial charge in [-0.2, -0.15) is 0 Å². The number of hydrogen-bond donors (Lipinski definition) is 0. The van der Waals surface area contributed by atoms with Gasteiger partial charge in [-0.15, -0.1) is 0 Å². The Kier molecular flexibility index (Phi) is 4.67. The number of amides is 1. The number of halogens is 1. The number of nitrogens with zero attached hydrogens (tertiary/aromatic N) is 4. The first-order chi connectivity index (χ1) is 12.7. The van der Waals surface area contributed by atoms with E-state index in [2.05, 4.69) is 9.88 Å². The minimum Gasteiger partial charge on any atom is -0.336 e. The molecule has 1 aromatic carbocycles. The molecule has 1 amide bonds. The Hall–Kier alpha value is -2.73. The lowest BCUT2D eigenvalue weighted by atomic mass is 10.1. The minimum absolute atomic E-state index is 0.0339. The van der Waals surface area contributed by atoms with E-state index in [9.17, 15) is 9.18 Å². The largest absolute Gasteiger partial charge is 0.336 e. The summed E-state index contributed by atoms with van der Waals surface area (Å²) in [6.07, 6.45) is 6.26. The molecule has 1 aliphatic heterocycles. The minimum atomic E-state index is -0.189. The third-order valence-electron chi connectivity index (χ3n) is 4.91. The van der Waals surface area contributed by atoms with Gasteiger partial charge in [0.05, 0.1) is 5.56 Å². The monoisotopic (exact) mass is 352 g/mol. The van der Waals surface area contributed by atoms with Crippen LogP contribution >= 0.6 is 0 Å². The zero-order chi connectivity index (χ0) is 17.9. The summed E-state index contributed by atoms with van der Waals surface area (Å²) in [5, 5.41) is 0. The molecule has 0 N–H and O–H groups in total. The highest BCUT2D eigenvalue weighted by Gasteiger charge is 2.23. The normalized spacial score (nSPS) is 15.5. The van der Waals surface area contributed by atoms with Gasteiger partial charge in [0.1, 0.15) is 11.5 Å². The number of imidazole rings is 1.